The number of benzene rings is 1. The molecule has 1 unspecified atom stereocenters. The number of carboxylic acids is 1. The van der Waals surface area contributed by atoms with Crippen molar-refractivity contribution in [1.82, 2.24) is 9.55 Å². The Labute approximate surface area is 136 Å². The van der Waals surface area contributed by atoms with Gasteiger partial charge in [-0.15, -0.1) is 0 Å². The van der Waals surface area contributed by atoms with E-state index in [1.54, 1.807) is 20.3 Å². The van der Waals surface area contributed by atoms with Crippen molar-refractivity contribution in [1.29, 1.82) is 0 Å². The van der Waals surface area contributed by atoms with E-state index in [4.69, 9.17) is 9.47 Å². The molecule has 6 heteroatoms. The number of carbonyl (C=O) groups is 1. The van der Waals surface area contributed by atoms with E-state index in [9.17, 15) is 9.90 Å². The standard InChI is InChI=1S/C17H24N2O4/c1-5-7-8-16-18-11-9-14(22-3)15(23-4)10-13(11)19(16)12(6-2)17(20)21/h9-10,12H,5-8H2,1-4H3,(H,20,21). The Morgan fingerprint density at radius 3 is 2.43 bits per heavy atom. The summed E-state index contributed by atoms with van der Waals surface area (Å²) < 4.78 is 12.5. The molecular formula is C17H24N2O4. The second-order valence-corrected chi connectivity index (χ2v) is 5.46. The molecule has 0 aliphatic carbocycles. The fourth-order valence-electron chi connectivity index (χ4n) is 2.80. The molecule has 1 N–H and O–H groups in total. The van der Waals surface area contributed by atoms with Crippen LogP contribution in [0.15, 0.2) is 12.1 Å². The minimum absolute atomic E-state index is 0.494. The Hall–Kier alpha value is -2.24. The quantitative estimate of drug-likeness (QED) is 0.806. The number of methoxy groups -OCH3 is 2. The third-order valence-electron chi connectivity index (χ3n) is 4.01. The van der Waals surface area contributed by atoms with Gasteiger partial charge in [-0.2, -0.15) is 0 Å². The van der Waals surface area contributed by atoms with Gasteiger partial charge in [0.05, 0.1) is 25.3 Å². The van der Waals surface area contributed by atoms with E-state index in [0.717, 1.165) is 36.1 Å². The molecule has 6 nitrogen and oxygen atoms in total. The summed E-state index contributed by atoms with van der Waals surface area (Å²) in [5, 5.41) is 9.58. The number of aryl methyl sites for hydroxylation is 1. The lowest BCUT2D eigenvalue weighted by molar-refractivity contribution is -0.140. The molecule has 0 bridgehead atoms. The molecule has 2 rings (SSSR count). The number of aromatic nitrogens is 2. The lowest BCUT2D eigenvalue weighted by atomic mass is 10.2. The second-order valence-electron chi connectivity index (χ2n) is 5.46. The van der Waals surface area contributed by atoms with Gasteiger partial charge in [-0.1, -0.05) is 20.3 Å². The van der Waals surface area contributed by atoms with Crippen LogP contribution < -0.4 is 9.47 Å². The summed E-state index contributed by atoms with van der Waals surface area (Å²) in [6.45, 7) is 3.97. The molecule has 0 aliphatic heterocycles. The largest absolute Gasteiger partial charge is 0.493 e. The van der Waals surface area contributed by atoms with Crippen LogP contribution in [0.2, 0.25) is 0 Å². The predicted octanol–water partition coefficient (Wildman–Crippen LogP) is 3.43. The van der Waals surface area contributed by atoms with Gasteiger partial charge in [0, 0.05) is 18.6 Å². The van der Waals surface area contributed by atoms with E-state index < -0.39 is 12.0 Å². The van der Waals surface area contributed by atoms with Gasteiger partial charge in [0.2, 0.25) is 0 Å². The zero-order valence-corrected chi connectivity index (χ0v) is 14.1. The Kier molecular flexibility index (Phi) is 5.47. The SMILES string of the molecule is CCCCc1nc2cc(OC)c(OC)cc2n1C(CC)C(=O)O. The molecule has 0 saturated carbocycles. The van der Waals surface area contributed by atoms with Crippen LogP contribution in [0.1, 0.15) is 45.0 Å². The summed E-state index contributed by atoms with van der Waals surface area (Å²) in [5.41, 5.74) is 1.50. The number of imidazole rings is 1. The first-order chi connectivity index (χ1) is 11.1. The van der Waals surface area contributed by atoms with Gasteiger partial charge in [0.15, 0.2) is 11.5 Å². The predicted molar refractivity (Wildman–Crippen MR) is 88.4 cm³/mol. The van der Waals surface area contributed by atoms with Crippen LogP contribution in [-0.4, -0.2) is 34.8 Å². The number of aliphatic carboxylic acids is 1. The van der Waals surface area contributed by atoms with Crippen LogP contribution >= 0.6 is 0 Å². The highest BCUT2D eigenvalue weighted by atomic mass is 16.5. The second kappa shape index (κ2) is 7.35. The molecule has 126 valence electrons. The zero-order chi connectivity index (χ0) is 17.0. The number of hydrogen-bond donors (Lipinski definition) is 1. The van der Waals surface area contributed by atoms with Gasteiger partial charge in [-0.05, 0) is 12.8 Å². The van der Waals surface area contributed by atoms with E-state index in [1.165, 1.54) is 0 Å². The lowest BCUT2D eigenvalue weighted by Crippen LogP contribution is -2.20. The number of unbranched alkanes of at least 4 members (excludes halogenated alkanes) is 1. The number of fused-ring (bicyclic) bond motifs is 1. The van der Waals surface area contributed by atoms with Crippen molar-refractivity contribution in [2.45, 2.75) is 45.6 Å². The summed E-state index contributed by atoms with van der Waals surface area (Å²) >= 11 is 0. The van der Waals surface area contributed by atoms with Crippen molar-refractivity contribution >= 4 is 17.0 Å². The molecular weight excluding hydrogens is 296 g/mol. The lowest BCUT2D eigenvalue weighted by Gasteiger charge is -2.17. The van der Waals surface area contributed by atoms with Gasteiger partial charge in [0.1, 0.15) is 11.9 Å². The molecule has 0 spiro atoms. The van der Waals surface area contributed by atoms with Crippen LogP contribution in [0.3, 0.4) is 0 Å². The Morgan fingerprint density at radius 2 is 1.91 bits per heavy atom. The van der Waals surface area contributed by atoms with Gasteiger partial charge >= 0.3 is 5.97 Å². The molecule has 0 amide bonds. The first-order valence-electron chi connectivity index (χ1n) is 7.92. The molecule has 23 heavy (non-hydrogen) atoms. The first kappa shape index (κ1) is 17.1. The monoisotopic (exact) mass is 320 g/mol. The maximum atomic E-state index is 11.7. The zero-order valence-electron chi connectivity index (χ0n) is 14.1. The number of rotatable bonds is 8. The molecule has 2 aromatic rings. The van der Waals surface area contributed by atoms with Crippen molar-refractivity contribution in [3.05, 3.63) is 18.0 Å². The van der Waals surface area contributed by atoms with Crippen LogP contribution in [0.4, 0.5) is 0 Å². The van der Waals surface area contributed by atoms with Gasteiger partial charge in [-0.25, -0.2) is 9.78 Å². The van der Waals surface area contributed by atoms with E-state index in [0.29, 0.717) is 17.9 Å². The van der Waals surface area contributed by atoms with E-state index in [1.807, 2.05) is 17.6 Å². The highest BCUT2D eigenvalue weighted by molar-refractivity contribution is 5.83. The summed E-state index contributed by atoms with van der Waals surface area (Å²) in [4.78, 5) is 16.3. The molecule has 1 atom stereocenters. The van der Waals surface area contributed by atoms with Crippen molar-refractivity contribution < 1.29 is 19.4 Å². The fraction of sp³-hybridized carbons (Fsp3) is 0.529. The van der Waals surface area contributed by atoms with Crippen molar-refractivity contribution in [3.8, 4) is 11.5 Å². The smallest absolute Gasteiger partial charge is 0.326 e. The molecule has 1 aromatic carbocycles. The van der Waals surface area contributed by atoms with Crippen LogP contribution in [-0.2, 0) is 11.2 Å². The summed E-state index contributed by atoms with van der Waals surface area (Å²) in [5.74, 6) is 1.12. The Balaban J connectivity index is 2.69. The molecule has 0 radical (unpaired) electrons. The Morgan fingerprint density at radius 1 is 1.26 bits per heavy atom. The summed E-state index contributed by atoms with van der Waals surface area (Å²) in [7, 11) is 3.14. The Bertz CT molecular complexity index is 693. The third-order valence-corrected chi connectivity index (χ3v) is 4.01. The molecule has 1 aromatic heterocycles. The number of nitrogens with zero attached hydrogens (tertiary/aromatic N) is 2. The van der Waals surface area contributed by atoms with Gasteiger partial charge < -0.3 is 19.1 Å². The highest BCUT2D eigenvalue weighted by Gasteiger charge is 2.24. The molecule has 0 aliphatic rings. The molecule has 0 saturated heterocycles. The first-order valence-corrected chi connectivity index (χ1v) is 7.92. The maximum absolute atomic E-state index is 11.7. The van der Waals surface area contributed by atoms with E-state index in [-0.39, 0.29) is 0 Å². The normalized spacial score (nSPS) is 12.3. The van der Waals surface area contributed by atoms with Crippen LogP contribution in [0, 0.1) is 0 Å². The molecule has 1 heterocycles. The summed E-state index contributed by atoms with van der Waals surface area (Å²) in [6.07, 6.45) is 3.24. The fourth-order valence-corrected chi connectivity index (χ4v) is 2.80. The van der Waals surface area contributed by atoms with Crippen LogP contribution in [0.25, 0.3) is 11.0 Å². The average Bonchev–Trinajstić information content (AvgIpc) is 2.89. The molecule has 0 fully saturated rings. The van der Waals surface area contributed by atoms with Crippen LogP contribution in [0.5, 0.6) is 11.5 Å². The minimum Gasteiger partial charge on any atom is -0.493 e. The number of ether oxygens (including phenoxy) is 2. The van der Waals surface area contributed by atoms with E-state index >= 15 is 0 Å². The number of carboxylic acid groups (broad SMARTS) is 1. The van der Waals surface area contributed by atoms with E-state index in [2.05, 4.69) is 11.9 Å². The number of hydrogen-bond acceptors (Lipinski definition) is 4. The van der Waals surface area contributed by atoms with Crippen molar-refractivity contribution in [2.75, 3.05) is 14.2 Å². The minimum atomic E-state index is -0.848. The van der Waals surface area contributed by atoms with Crippen molar-refractivity contribution in [3.63, 3.8) is 0 Å². The summed E-state index contributed by atoms with van der Waals surface area (Å²) in [6, 6.07) is 2.97. The third kappa shape index (κ3) is 3.25. The topological polar surface area (TPSA) is 73.6 Å². The average molecular weight is 320 g/mol. The highest BCUT2D eigenvalue weighted by Crippen LogP contribution is 2.34. The van der Waals surface area contributed by atoms with Gasteiger partial charge in [-0.3, -0.25) is 0 Å². The van der Waals surface area contributed by atoms with Gasteiger partial charge in [0.25, 0.3) is 0 Å². The van der Waals surface area contributed by atoms with Crippen molar-refractivity contribution in [2.24, 2.45) is 0 Å². The maximum Gasteiger partial charge on any atom is 0.326 e.